The molecule has 2 saturated heterocycles. The van der Waals surface area contributed by atoms with Crippen molar-refractivity contribution in [2.45, 2.75) is 52.1 Å². The van der Waals surface area contributed by atoms with Crippen molar-refractivity contribution < 1.29 is 9.53 Å². The van der Waals surface area contributed by atoms with Crippen LogP contribution in [0, 0.1) is 17.3 Å². The number of nitrogens with one attached hydrogen (secondary N) is 1. The Morgan fingerprint density at radius 3 is 2.50 bits per heavy atom. The van der Waals surface area contributed by atoms with Crippen molar-refractivity contribution >= 4 is 18.3 Å². The van der Waals surface area contributed by atoms with Crippen molar-refractivity contribution in [2.24, 2.45) is 17.3 Å². The van der Waals surface area contributed by atoms with Crippen LogP contribution in [0.2, 0.25) is 0 Å². The van der Waals surface area contributed by atoms with Gasteiger partial charge >= 0.3 is 0 Å². The van der Waals surface area contributed by atoms with Gasteiger partial charge in [0.15, 0.2) is 0 Å². The van der Waals surface area contributed by atoms with Crippen LogP contribution < -0.4 is 5.32 Å². The number of hydrogen-bond acceptors (Lipinski definition) is 3. The van der Waals surface area contributed by atoms with Gasteiger partial charge in [-0.15, -0.1) is 12.4 Å². The number of halogens is 1. The highest BCUT2D eigenvalue weighted by molar-refractivity contribution is 5.85. The Labute approximate surface area is 140 Å². The summed E-state index contributed by atoms with van der Waals surface area (Å²) >= 11 is 0. The number of carbonyl (C=O) groups is 1. The van der Waals surface area contributed by atoms with Crippen LogP contribution in [0.3, 0.4) is 0 Å². The lowest BCUT2D eigenvalue weighted by atomic mass is 9.91. The molecule has 1 unspecified atom stereocenters. The Bertz CT molecular complexity index is 375. The second-order valence-electron chi connectivity index (χ2n) is 7.62. The summed E-state index contributed by atoms with van der Waals surface area (Å²) in [6, 6.07) is 0. The lowest BCUT2D eigenvalue weighted by Crippen LogP contribution is -2.43. The maximum Gasteiger partial charge on any atom is 0.226 e. The minimum absolute atomic E-state index is 0. The van der Waals surface area contributed by atoms with Gasteiger partial charge in [-0.2, -0.15) is 0 Å². The molecule has 2 heterocycles. The van der Waals surface area contributed by atoms with Crippen molar-refractivity contribution in [1.82, 2.24) is 10.2 Å². The monoisotopic (exact) mass is 330 g/mol. The Morgan fingerprint density at radius 1 is 1.27 bits per heavy atom. The van der Waals surface area contributed by atoms with Crippen molar-refractivity contribution in [3.63, 3.8) is 0 Å². The summed E-state index contributed by atoms with van der Waals surface area (Å²) < 4.78 is 5.91. The quantitative estimate of drug-likeness (QED) is 0.861. The number of piperidine rings is 2. The lowest BCUT2D eigenvalue weighted by molar-refractivity contribution is -0.136. The fourth-order valence-corrected chi connectivity index (χ4v) is 3.97. The van der Waals surface area contributed by atoms with Gasteiger partial charge in [-0.05, 0) is 56.5 Å². The van der Waals surface area contributed by atoms with Gasteiger partial charge in [0.25, 0.3) is 0 Å². The van der Waals surface area contributed by atoms with Gasteiger partial charge in [-0.25, -0.2) is 0 Å². The fraction of sp³-hybridized carbons (Fsp3) is 0.941. The Morgan fingerprint density at radius 2 is 1.91 bits per heavy atom. The molecule has 22 heavy (non-hydrogen) atoms. The molecule has 1 N–H and O–H groups in total. The van der Waals surface area contributed by atoms with E-state index in [0.717, 1.165) is 52.0 Å². The van der Waals surface area contributed by atoms with Crippen LogP contribution in [-0.2, 0) is 9.53 Å². The first-order chi connectivity index (χ1) is 10.1. The zero-order valence-corrected chi connectivity index (χ0v) is 14.8. The van der Waals surface area contributed by atoms with Crippen LogP contribution in [0.15, 0.2) is 0 Å². The van der Waals surface area contributed by atoms with E-state index in [1.165, 1.54) is 12.8 Å². The van der Waals surface area contributed by atoms with Gasteiger partial charge in [0.05, 0.1) is 6.10 Å². The molecule has 1 atom stereocenters. The molecule has 1 spiro atoms. The first-order valence-corrected chi connectivity index (χ1v) is 8.72. The van der Waals surface area contributed by atoms with Crippen molar-refractivity contribution in [2.75, 3.05) is 32.8 Å². The van der Waals surface area contributed by atoms with E-state index in [2.05, 4.69) is 24.1 Å². The van der Waals surface area contributed by atoms with Crippen LogP contribution in [0.5, 0.6) is 0 Å². The van der Waals surface area contributed by atoms with Gasteiger partial charge in [0, 0.05) is 25.6 Å². The van der Waals surface area contributed by atoms with E-state index < -0.39 is 0 Å². The summed E-state index contributed by atoms with van der Waals surface area (Å²) in [6.07, 6.45) is 5.91. The lowest BCUT2D eigenvalue weighted by Gasteiger charge is -2.33. The van der Waals surface area contributed by atoms with Crippen molar-refractivity contribution in [1.29, 1.82) is 0 Å². The normalized spacial score (nSPS) is 27.8. The average Bonchev–Trinajstić information content (AvgIpc) is 3.19. The number of likely N-dealkylation sites (tertiary alicyclic amines) is 1. The largest absolute Gasteiger partial charge is 0.378 e. The summed E-state index contributed by atoms with van der Waals surface area (Å²) in [6.45, 7) is 9.19. The van der Waals surface area contributed by atoms with Gasteiger partial charge in [0.1, 0.15) is 0 Å². The maximum absolute atomic E-state index is 12.7. The van der Waals surface area contributed by atoms with Crippen LogP contribution in [0.1, 0.15) is 46.0 Å². The summed E-state index contributed by atoms with van der Waals surface area (Å²) in [5.41, 5.74) is 0.368. The molecule has 0 aromatic carbocycles. The first-order valence-electron chi connectivity index (χ1n) is 8.72. The van der Waals surface area contributed by atoms with Crippen LogP contribution in [0.25, 0.3) is 0 Å². The standard InChI is InChI=1S/C17H30N2O2.ClH/c1-13(2)12-21-14-3-9-19(10-4-14)16(20)15-11-17(15)5-7-18-8-6-17;/h13-15,18H,3-12H2,1-2H3;1H. The summed E-state index contributed by atoms with van der Waals surface area (Å²) in [7, 11) is 0. The highest BCUT2D eigenvalue weighted by Gasteiger charge is 2.58. The molecule has 2 aliphatic heterocycles. The molecule has 3 aliphatic rings. The third kappa shape index (κ3) is 3.95. The van der Waals surface area contributed by atoms with E-state index in [9.17, 15) is 4.79 Å². The average molecular weight is 331 g/mol. The molecule has 3 rings (SSSR count). The highest BCUT2D eigenvalue weighted by Crippen LogP contribution is 2.59. The van der Waals surface area contributed by atoms with Crippen LogP contribution in [0.4, 0.5) is 0 Å². The third-order valence-electron chi connectivity index (χ3n) is 5.51. The Kier molecular flexibility index (Phi) is 6.14. The van der Waals surface area contributed by atoms with Crippen LogP contribution >= 0.6 is 12.4 Å². The molecule has 4 nitrogen and oxygen atoms in total. The number of hydrogen-bond donors (Lipinski definition) is 1. The van der Waals surface area contributed by atoms with E-state index in [1.807, 2.05) is 0 Å². The molecule has 0 aromatic heterocycles. The van der Waals surface area contributed by atoms with Crippen molar-refractivity contribution in [3.8, 4) is 0 Å². The minimum atomic E-state index is 0. The SMILES string of the molecule is CC(C)COC1CCN(C(=O)C2CC23CCNCC3)CC1.Cl. The summed E-state index contributed by atoms with van der Waals surface area (Å²) in [4.78, 5) is 14.8. The highest BCUT2D eigenvalue weighted by atomic mass is 35.5. The Hall–Kier alpha value is -0.320. The van der Waals surface area contributed by atoms with E-state index in [1.54, 1.807) is 0 Å². The smallest absolute Gasteiger partial charge is 0.226 e. The molecule has 1 saturated carbocycles. The zero-order chi connectivity index (χ0) is 14.9. The molecule has 3 fully saturated rings. The fourth-order valence-electron chi connectivity index (χ4n) is 3.97. The van der Waals surface area contributed by atoms with Gasteiger partial charge in [0.2, 0.25) is 5.91 Å². The van der Waals surface area contributed by atoms with Gasteiger partial charge in [-0.1, -0.05) is 13.8 Å². The van der Waals surface area contributed by atoms with Gasteiger partial charge in [-0.3, -0.25) is 4.79 Å². The van der Waals surface area contributed by atoms with Crippen LogP contribution in [-0.4, -0.2) is 49.7 Å². The molecule has 0 radical (unpaired) electrons. The predicted molar refractivity (Wildman–Crippen MR) is 90.3 cm³/mol. The van der Waals surface area contributed by atoms with Gasteiger partial charge < -0.3 is 15.0 Å². The number of ether oxygens (including phenoxy) is 1. The maximum atomic E-state index is 12.7. The number of rotatable bonds is 4. The molecule has 5 heteroatoms. The van der Waals surface area contributed by atoms with E-state index in [-0.39, 0.29) is 12.4 Å². The Balaban J connectivity index is 0.00000176. The molecule has 1 amide bonds. The molecule has 1 aliphatic carbocycles. The predicted octanol–water partition coefficient (Wildman–Crippen LogP) is 2.46. The minimum Gasteiger partial charge on any atom is -0.378 e. The number of nitrogens with zero attached hydrogens (tertiary/aromatic N) is 1. The first kappa shape index (κ1) is 18.0. The molecule has 128 valence electrons. The van der Waals surface area contributed by atoms with E-state index in [4.69, 9.17) is 4.74 Å². The summed E-state index contributed by atoms with van der Waals surface area (Å²) in [5, 5.41) is 3.41. The molecule has 0 bridgehead atoms. The van der Waals surface area contributed by atoms with E-state index >= 15 is 0 Å². The molecular weight excluding hydrogens is 300 g/mol. The number of carbonyl (C=O) groups excluding carboxylic acids is 1. The molecule has 0 aromatic rings. The van der Waals surface area contributed by atoms with E-state index in [0.29, 0.717) is 29.3 Å². The third-order valence-corrected chi connectivity index (χ3v) is 5.51. The summed E-state index contributed by atoms with van der Waals surface area (Å²) in [5.74, 6) is 1.35. The second kappa shape index (κ2) is 7.50. The van der Waals surface area contributed by atoms with Crippen molar-refractivity contribution in [3.05, 3.63) is 0 Å². The second-order valence-corrected chi connectivity index (χ2v) is 7.62. The zero-order valence-electron chi connectivity index (χ0n) is 14.0. The topological polar surface area (TPSA) is 41.6 Å². The number of amides is 1. The molecular formula is C17H31ClN2O2.